The van der Waals surface area contributed by atoms with E-state index in [1.165, 1.54) is 22.3 Å². The largest absolute Gasteiger partial charge is 0.508 e. The van der Waals surface area contributed by atoms with Gasteiger partial charge in [0.2, 0.25) is 11.8 Å². The van der Waals surface area contributed by atoms with Crippen LogP contribution in [-0.4, -0.2) is 88.7 Å². The molecule has 0 bridgehead atoms. The molecule has 10 nitrogen and oxygen atoms in total. The monoisotopic (exact) mass is 742 g/mol. The number of nitrogens with one attached hydrogen (secondary N) is 1. The minimum Gasteiger partial charge on any atom is -0.508 e. The Bertz CT molecular complexity index is 2040. The molecule has 0 saturated carbocycles. The van der Waals surface area contributed by atoms with E-state index in [1.54, 1.807) is 11.0 Å². The number of hydrogen-bond donors (Lipinski definition) is 3. The molecular formula is C45H50N4O6. The van der Waals surface area contributed by atoms with Gasteiger partial charge in [0.15, 0.2) is 0 Å². The Kier molecular flexibility index (Phi) is 10.4. The Morgan fingerprint density at radius 3 is 2.36 bits per heavy atom. The van der Waals surface area contributed by atoms with Crippen LogP contribution < -0.4 is 15.0 Å². The number of amides is 3. The van der Waals surface area contributed by atoms with Crippen molar-refractivity contribution in [2.24, 2.45) is 0 Å². The Hall–Kier alpha value is -5.19. The van der Waals surface area contributed by atoms with Crippen molar-refractivity contribution in [2.75, 3.05) is 44.2 Å². The van der Waals surface area contributed by atoms with Gasteiger partial charge >= 0.3 is 0 Å². The number of carbonyl (C=O) groups is 3. The highest BCUT2D eigenvalue weighted by atomic mass is 16.5. The zero-order chi connectivity index (χ0) is 38.1. The van der Waals surface area contributed by atoms with Crippen LogP contribution in [0.4, 0.5) is 5.69 Å². The number of nitrogens with zero attached hydrogens (tertiary/aromatic N) is 3. The lowest BCUT2D eigenvalue weighted by Crippen LogP contribution is -2.52. The predicted molar refractivity (Wildman–Crippen MR) is 210 cm³/mol. The third-order valence-electron chi connectivity index (χ3n) is 12.2. The molecule has 3 aliphatic heterocycles. The van der Waals surface area contributed by atoms with E-state index in [9.17, 15) is 24.6 Å². The molecule has 10 heteroatoms. The molecule has 286 valence electrons. The first kappa shape index (κ1) is 36.8. The number of carbonyl (C=O) groups excluding carboxylic acids is 3. The van der Waals surface area contributed by atoms with Crippen LogP contribution in [-0.2, 0) is 22.6 Å². The first-order valence-corrected chi connectivity index (χ1v) is 19.7. The van der Waals surface area contributed by atoms with Crippen LogP contribution in [0, 0.1) is 0 Å². The molecule has 3 heterocycles. The average Bonchev–Trinajstić information content (AvgIpc) is 3.52. The molecule has 2 fully saturated rings. The number of aliphatic hydroxyl groups is 1. The molecule has 1 aliphatic carbocycles. The number of hydrogen-bond acceptors (Lipinski definition) is 8. The molecule has 3 N–H and O–H groups in total. The molecule has 4 unspecified atom stereocenters. The van der Waals surface area contributed by atoms with Crippen molar-refractivity contribution in [1.82, 2.24) is 15.1 Å². The zero-order valence-corrected chi connectivity index (χ0v) is 31.5. The van der Waals surface area contributed by atoms with Crippen molar-refractivity contribution in [1.29, 1.82) is 0 Å². The van der Waals surface area contributed by atoms with Crippen LogP contribution in [0.5, 0.6) is 11.5 Å². The van der Waals surface area contributed by atoms with E-state index in [0.717, 1.165) is 62.6 Å². The third kappa shape index (κ3) is 7.97. The molecule has 2 saturated heterocycles. The summed E-state index contributed by atoms with van der Waals surface area (Å²) in [7, 11) is 0. The highest BCUT2D eigenvalue weighted by Gasteiger charge is 2.39. The summed E-state index contributed by atoms with van der Waals surface area (Å²) in [5.74, 6) is 0.784. The summed E-state index contributed by atoms with van der Waals surface area (Å²) >= 11 is 0. The van der Waals surface area contributed by atoms with E-state index in [-0.39, 0.29) is 24.2 Å². The number of aryl methyl sites for hydroxylation is 1. The van der Waals surface area contributed by atoms with Crippen LogP contribution in [0.2, 0.25) is 0 Å². The summed E-state index contributed by atoms with van der Waals surface area (Å²) < 4.78 is 6.15. The maximum Gasteiger partial charge on any atom is 0.255 e. The summed E-state index contributed by atoms with van der Waals surface area (Å²) in [6.07, 6.45) is 3.71. The highest BCUT2D eigenvalue weighted by Crippen LogP contribution is 2.47. The minimum atomic E-state index is -0.863. The van der Waals surface area contributed by atoms with Crippen molar-refractivity contribution >= 4 is 23.4 Å². The van der Waals surface area contributed by atoms with E-state index in [2.05, 4.69) is 69.7 Å². The Morgan fingerprint density at radius 2 is 1.60 bits per heavy atom. The molecule has 4 aromatic carbocycles. The smallest absolute Gasteiger partial charge is 0.255 e. The number of anilines is 1. The number of rotatable bonds is 11. The molecule has 0 radical (unpaired) electrons. The number of piperazine rings is 1. The summed E-state index contributed by atoms with van der Waals surface area (Å²) in [5, 5.41) is 23.8. The van der Waals surface area contributed by atoms with Crippen LogP contribution in [0.1, 0.15) is 89.0 Å². The molecule has 4 aromatic rings. The molecule has 8 rings (SSSR count). The van der Waals surface area contributed by atoms with Crippen molar-refractivity contribution in [3.63, 3.8) is 0 Å². The van der Waals surface area contributed by atoms with E-state index in [1.807, 2.05) is 37.3 Å². The lowest BCUT2D eigenvalue weighted by Gasteiger charge is -2.37. The summed E-state index contributed by atoms with van der Waals surface area (Å²) in [5.41, 5.74) is 6.77. The van der Waals surface area contributed by atoms with Crippen LogP contribution >= 0.6 is 0 Å². The Morgan fingerprint density at radius 1 is 0.818 bits per heavy atom. The van der Waals surface area contributed by atoms with Crippen molar-refractivity contribution < 1.29 is 29.3 Å². The fourth-order valence-corrected chi connectivity index (χ4v) is 8.95. The number of imide groups is 1. The van der Waals surface area contributed by atoms with E-state index in [0.29, 0.717) is 49.6 Å². The van der Waals surface area contributed by atoms with Crippen LogP contribution in [0.25, 0.3) is 0 Å². The fraction of sp³-hybridized carbons (Fsp3) is 0.400. The topological polar surface area (TPSA) is 123 Å². The summed E-state index contributed by atoms with van der Waals surface area (Å²) in [6.45, 7) is 6.89. The fourth-order valence-electron chi connectivity index (χ4n) is 8.95. The van der Waals surface area contributed by atoms with Gasteiger partial charge in [-0.1, -0.05) is 48.5 Å². The second-order valence-corrected chi connectivity index (χ2v) is 15.9. The minimum absolute atomic E-state index is 0.155. The lowest BCUT2D eigenvalue weighted by molar-refractivity contribution is -0.136. The standard InChI is InChI=1S/C45H50N4O6/c1-45(54,19-21-47-22-24-48(25-23-47)34-10-15-39-33(27-34)29-49(44(39)53)40-17-18-41(51)46-43(40)52)20-26-55-36-12-7-31(8-13-36)42-37(30-5-3-2-4-6-30)14-9-32-28-35(50)11-16-38(32)42/h2-8,10-13,15-16,27-28,37,40,42,50,54H,9,14,17-26,29H2,1H3,(H,46,51,52). The predicted octanol–water partition coefficient (Wildman–Crippen LogP) is 5.75. The number of fused-ring (bicyclic) bond motifs is 2. The number of piperidine rings is 1. The van der Waals surface area contributed by atoms with Gasteiger partial charge in [-0.3, -0.25) is 24.6 Å². The van der Waals surface area contributed by atoms with E-state index >= 15 is 0 Å². The van der Waals surface area contributed by atoms with Gasteiger partial charge in [-0.25, -0.2) is 0 Å². The SMILES string of the molecule is CC(O)(CCOc1ccc(C2c3ccc(O)cc3CCC2c2ccccc2)cc1)CCN1CCN(c2ccc3c(c2)CN(C2CCC(=O)NC2=O)C3=O)CC1. The number of phenolic OH excluding ortho intramolecular Hbond substituents is 1. The van der Waals surface area contributed by atoms with Gasteiger partial charge < -0.3 is 24.7 Å². The lowest BCUT2D eigenvalue weighted by atomic mass is 9.69. The second-order valence-electron chi connectivity index (χ2n) is 15.9. The second kappa shape index (κ2) is 15.5. The van der Waals surface area contributed by atoms with Crippen molar-refractivity contribution in [3.05, 3.63) is 124 Å². The third-order valence-corrected chi connectivity index (χ3v) is 12.2. The van der Waals surface area contributed by atoms with E-state index in [4.69, 9.17) is 4.74 Å². The maximum atomic E-state index is 13.1. The number of ether oxygens (including phenoxy) is 1. The first-order valence-electron chi connectivity index (χ1n) is 19.7. The molecule has 3 amide bonds. The van der Waals surface area contributed by atoms with Crippen LogP contribution in [0.15, 0.2) is 91.0 Å². The number of benzene rings is 4. The zero-order valence-electron chi connectivity index (χ0n) is 31.5. The quantitative estimate of drug-likeness (QED) is 0.166. The van der Waals surface area contributed by atoms with Gasteiger partial charge in [0.25, 0.3) is 5.91 Å². The molecule has 55 heavy (non-hydrogen) atoms. The van der Waals surface area contributed by atoms with Gasteiger partial charge in [0.1, 0.15) is 17.5 Å². The van der Waals surface area contributed by atoms with E-state index < -0.39 is 17.6 Å². The molecular weight excluding hydrogens is 693 g/mol. The summed E-state index contributed by atoms with van der Waals surface area (Å²) in [4.78, 5) is 43.5. The molecule has 4 atom stereocenters. The summed E-state index contributed by atoms with van der Waals surface area (Å²) in [6, 6.07) is 30.2. The Balaban J connectivity index is 0.806. The van der Waals surface area contributed by atoms with Gasteiger partial charge in [0.05, 0.1) is 12.2 Å². The van der Waals surface area contributed by atoms with Crippen molar-refractivity contribution in [2.45, 2.75) is 75.5 Å². The molecule has 0 aromatic heterocycles. The van der Waals surface area contributed by atoms with Gasteiger partial charge in [-0.15, -0.1) is 0 Å². The molecule has 0 spiro atoms. The molecule has 4 aliphatic rings. The van der Waals surface area contributed by atoms with Crippen LogP contribution in [0.3, 0.4) is 0 Å². The first-order chi connectivity index (χ1) is 26.6. The maximum absolute atomic E-state index is 13.1. The van der Waals surface area contributed by atoms with Gasteiger partial charge in [-0.05, 0) is 109 Å². The highest BCUT2D eigenvalue weighted by molar-refractivity contribution is 6.05. The van der Waals surface area contributed by atoms with Gasteiger partial charge in [-0.2, -0.15) is 0 Å². The normalized spacial score (nSPS) is 22.5. The number of aromatic hydroxyl groups is 1. The Labute approximate surface area is 322 Å². The van der Waals surface area contributed by atoms with Gasteiger partial charge in [0, 0.05) is 69.3 Å². The average molecular weight is 743 g/mol. The van der Waals surface area contributed by atoms with Crippen molar-refractivity contribution in [3.8, 4) is 11.5 Å². The number of phenols is 1.